The molecule has 4 nitrogen and oxygen atoms in total. The van der Waals surface area contributed by atoms with Gasteiger partial charge in [0, 0.05) is 10.9 Å². The van der Waals surface area contributed by atoms with Crippen molar-refractivity contribution in [2.45, 2.75) is 38.1 Å². The lowest BCUT2D eigenvalue weighted by Crippen LogP contribution is -2.36. The Kier molecular flexibility index (Phi) is 5.92. The number of nitrogens with zero attached hydrogens (tertiary/aromatic N) is 1. The first-order valence-electron chi connectivity index (χ1n) is 8.30. The van der Waals surface area contributed by atoms with Crippen LogP contribution in [0.3, 0.4) is 0 Å². The summed E-state index contributed by atoms with van der Waals surface area (Å²) in [4.78, 5) is 16.6. The average molecular weight is 362 g/mol. The van der Waals surface area contributed by atoms with Crippen molar-refractivity contribution >= 4 is 34.1 Å². The predicted octanol–water partition coefficient (Wildman–Crippen LogP) is 3.71. The third-order valence-electron chi connectivity index (χ3n) is 4.35. The van der Waals surface area contributed by atoms with Crippen LogP contribution in [0.4, 0.5) is 5.13 Å². The van der Waals surface area contributed by atoms with E-state index in [2.05, 4.69) is 28.5 Å². The fourth-order valence-electron chi connectivity index (χ4n) is 2.93. The first-order valence-corrected chi connectivity index (χ1v) is 10.6. The molecule has 1 aromatic heterocycles. The van der Waals surface area contributed by atoms with Crippen LogP contribution in [0.1, 0.15) is 30.4 Å². The predicted molar refractivity (Wildman–Crippen MR) is 104 cm³/mol. The van der Waals surface area contributed by atoms with Crippen molar-refractivity contribution in [1.29, 1.82) is 0 Å². The first kappa shape index (κ1) is 17.5. The van der Waals surface area contributed by atoms with Gasteiger partial charge in [-0.3, -0.25) is 4.79 Å². The van der Waals surface area contributed by atoms with E-state index < -0.39 is 6.04 Å². The van der Waals surface area contributed by atoms with Gasteiger partial charge >= 0.3 is 0 Å². The molecular weight excluding hydrogens is 338 g/mol. The second kappa shape index (κ2) is 8.14. The summed E-state index contributed by atoms with van der Waals surface area (Å²) in [7, 11) is 0. The molecule has 2 aromatic rings. The van der Waals surface area contributed by atoms with Crippen LogP contribution in [0, 0.1) is 0 Å². The molecule has 1 amide bonds. The Morgan fingerprint density at radius 1 is 1.38 bits per heavy atom. The van der Waals surface area contributed by atoms with Crippen molar-refractivity contribution < 1.29 is 4.79 Å². The van der Waals surface area contributed by atoms with Crippen molar-refractivity contribution in [3.63, 3.8) is 0 Å². The summed E-state index contributed by atoms with van der Waals surface area (Å²) in [6, 6.07) is 6.13. The van der Waals surface area contributed by atoms with E-state index in [1.54, 1.807) is 11.8 Å². The molecule has 1 aliphatic rings. The third kappa shape index (κ3) is 4.18. The van der Waals surface area contributed by atoms with Crippen LogP contribution in [0.5, 0.6) is 0 Å². The molecule has 1 atom stereocenters. The molecule has 24 heavy (non-hydrogen) atoms. The van der Waals surface area contributed by atoms with E-state index in [1.807, 2.05) is 11.6 Å². The zero-order chi connectivity index (χ0) is 16.9. The summed E-state index contributed by atoms with van der Waals surface area (Å²) in [5.41, 5.74) is 10.8. The number of anilines is 1. The monoisotopic (exact) mass is 361 g/mol. The highest BCUT2D eigenvalue weighted by atomic mass is 32.2. The third-order valence-corrected chi connectivity index (χ3v) is 5.75. The number of hydrogen-bond donors (Lipinski definition) is 2. The number of thioether (sulfide) groups is 1. The van der Waals surface area contributed by atoms with Crippen LogP contribution in [0.2, 0.25) is 0 Å². The second-order valence-electron chi connectivity index (χ2n) is 6.11. The topological polar surface area (TPSA) is 68.0 Å². The number of amides is 1. The van der Waals surface area contributed by atoms with Gasteiger partial charge in [0.25, 0.3) is 0 Å². The zero-order valence-electron chi connectivity index (χ0n) is 13.9. The van der Waals surface area contributed by atoms with Gasteiger partial charge in [0.1, 0.15) is 0 Å². The minimum absolute atomic E-state index is 0.157. The maximum absolute atomic E-state index is 12.1. The summed E-state index contributed by atoms with van der Waals surface area (Å²) in [5.74, 6) is 0.725. The Morgan fingerprint density at radius 3 is 2.96 bits per heavy atom. The molecule has 1 aliphatic carbocycles. The molecule has 6 heteroatoms. The Balaban J connectivity index is 1.68. The smallest absolute Gasteiger partial charge is 0.243 e. The Bertz CT molecular complexity index is 714. The standard InChI is InChI=1S/C18H23N3OS2/c1-23-9-8-15(19)17(22)21-18-20-16(11-24-18)14-7-6-12-4-2-3-5-13(12)10-14/h6-7,10-11,15H,2-5,8-9,19H2,1H3,(H,20,21,22). The van der Waals surface area contributed by atoms with E-state index in [0.29, 0.717) is 11.6 Å². The van der Waals surface area contributed by atoms with Gasteiger partial charge in [-0.2, -0.15) is 11.8 Å². The lowest BCUT2D eigenvalue weighted by Gasteiger charge is -2.16. The molecule has 1 heterocycles. The average Bonchev–Trinajstić information content (AvgIpc) is 3.07. The summed E-state index contributed by atoms with van der Waals surface area (Å²) >= 11 is 3.14. The fourth-order valence-corrected chi connectivity index (χ4v) is 4.14. The molecule has 3 N–H and O–H groups in total. The lowest BCUT2D eigenvalue weighted by molar-refractivity contribution is -0.117. The number of rotatable bonds is 6. The summed E-state index contributed by atoms with van der Waals surface area (Å²) in [6.07, 6.45) is 7.58. The maximum atomic E-state index is 12.1. The molecule has 0 bridgehead atoms. The van der Waals surface area contributed by atoms with Gasteiger partial charge in [-0.25, -0.2) is 4.98 Å². The quantitative estimate of drug-likeness (QED) is 0.823. The van der Waals surface area contributed by atoms with Crippen molar-refractivity contribution in [2.24, 2.45) is 5.73 Å². The van der Waals surface area contributed by atoms with Crippen LogP contribution < -0.4 is 11.1 Å². The number of nitrogens with one attached hydrogen (secondary N) is 1. The summed E-state index contributed by atoms with van der Waals surface area (Å²) in [5, 5.41) is 5.45. The van der Waals surface area contributed by atoms with E-state index in [-0.39, 0.29) is 5.91 Å². The second-order valence-corrected chi connectivity index (χ2v) is 7.95. The molecule has 0 fully saturated rings. The van der Waals surface area contributed by atoms with E-state index in [4.69, 9.17) is 5.73 Å². The lowest BCUT2D eigenvalue weighted by atomic mass is 9.90. The number of aryl methyl sites for hydroxylation is 2. The number of aromatic nitrogens is 1. The Hall–Kier alpha value is -1.37. The van der Waals surface area contributed by atoms with Crippen molar-refractivity contribution in [3.8, 4) is 11.3 Å². The highest BCUT2D eigenvalue weighted by Gasteiger charge is 2.16. The molecule has 128 valence electrons. The minimum atomic E-state index is -0.478. The van der Waals surface area contributed by atoms with Crippen LogP contribution >= 0.6 is 23.1 Å². The van der Waals surface area contributed by atoms with Gasteiger partial charge in [-0.15, -0.1) is 11.3 Å². The fraction of sp³-hybridized carbons (Fsp3) is 0.444. The van der Waals surface area contributed by atoms with E-state index >= 15 is 0 Å². The number of thiazole rings is 1. The van der Waals surface area contributed by atoms with Gasteiger partial charge in [-0.1, -0.05) is 12.1 Å². The van der Waals surface area contributed by atoms with Crippen molar-refractivity contribution in [2.75, 3.05) is 17.3 Å². The maximum Gasteiger partial charge on any atom is 0.243 e. The van der Waals surface area contributed by atoms with Gasteiger partial charge in [-0.05, 0) is 61.3 Å². The summed E-state index contributed by atoms with van der Waals surface area (Å²) < 4.78 is 0. The Morgan fingerprint density at radius 2 is 2.17 bits per heavy atom. The minimum Gasteiger partial charge on any atom is -0.320 e. The number of carbonyl (C=O) groups is 1. The number of nitrogens with two attached hydrogens (primary N) is 1. The van der Waals surface area contributed by atoms with E-state index in [9.17, 15) is 4.79 Å². The highest BCUT2D eigenvalue weighted by Crippen LogP contribution is 2.29. The van der Waals surface area contributed by atoms with Crippen LogP contribution in [0.15, 0.2) is 23.6 Å². The molecular formula is C18H23N3OS2. The molecule has 3 rings (SSSR count). The Labute approximate surface area is 151 Å². The van der Waals surface area contributed by atoms with Gasteiger partial charge in [0.05, 0.1) is 11.7 Å². The number of hydrogen-bond acceptors (Lipinski definition) is 5. The van der Waals surface area contributed by atoms with Gasteiger partial charge < -0.3 is 11.1 Å². The van der Waals surface area contributed by atoms with Crippen molar-refractivity contribution in [1.82, 2.24) is 4.98 Å². The molecule has 1 unspecified atom stereocenters. The van der Waals surface area contributed by atoms with E-state index in [1.165, 1.54) is 41.7 Å². The highest BCUT2D eigenvalue weighted by molar-refractivity contribution is 7.98. The molecule has 0 radical (unpaired) electrons. The molecule has 0 aliphatic heterocycles. The normalized spacial score (nSPS) is 14.9. The SMILES string of the molecule is CSCCC(N)C(=O)Nc1nc(-c2ccc3c(c2)CCCC3)cs1. The van der Waals surface area contributed by atoms with E-state index in [0.717, 1.165) is 23.4 Å². The van der Waals surface area contributed by atoms with Crippen LogP contribution in [-0.2, 0) is 17.6 Å². The number of benzene rings is 1. The number of fused-ring (bicyclic) bond motifs is 1. The first-order chi connectivity index (χ1) is 11.7. The van der Waals surface area contributed by atoms with Crippen LogP contribution in [0.25, 0.3) is 11.3 Å². The van der Waals surface area contributed by atoms with Crippen molar-refractivity contribution in [3.05, 3.63) is 34.7 Å². The molecule has 0 saturated heterocycles. The molecule has 0 saturated carbocycles. The largest absolute Gasteiger partial charge is 0.320 e. The zero-order valence-corrected chi connectivity index (χ0v) is 15.5. The molecule has 0 spiro atoms. The van der Waals surface area contributed by atoms with Gasteiger partial charge in [0.2, 0.25) is 5.91 Å². The molecule has 1 aromatic carbocycles. The van der Waals surface area contributed by atoms with Crippen LogP contribution in [-0.4, -0.2) is 28.9 Å². The number of carbonyl (C=O) groups excluding carboxylic acids is 1. The van der Waals surface area contributed by atoms with Gasteiger partial charge in [0.15, 0.2) is 5.13 Å². The summed E-state index contributed by atoms with van der Waals surface area (Å²) in [6.45, 7) is 0.